The second kappa shape index (κ2) is 7.90. The Hall–Kier alpha value is -2.81. The Balaban J connectivity index is 1.59. The molecule has 2 heterocycles. The quantitative estimate of drug-likeness (QED) is 0.550. The van der Waals surface area contributed by atoms with Crippen molar-refractivity contribution >= 4 is 33.3 Å². The molecule has 2 aliphatic rings. The van der Waals surface area contributed by atoms with E-state index in [1.54, 1.807) is 62.4 Å². The third-order valence-electron chi connectivity index (χ3n) is 6.07. The first-order valence-corrected chi connectivity index (χ1v) is 12.5. The predicted octanol–water partition coefficient (Wildman–Crippen LogP) is 4.72. The van der Waals surface area contributed by atoms with Crippen molar-refractivity contribution in [2.24, 2.45) is 0 Å². The first-order chi connectivity index (χ1) is 15.7. The van der Waals surface area contributed by atoms with Crippen LogP contribution in [0.15, 0.2) is 67.9 Å². The maximum Gasteiger partial charge on any atom is 0.206 e. The Morgan fingerprint density at radius 2 is 1.88 bits per heavy atom. The molecule has 0 bridgehead atoms. The fraction of sp³-hybridized carbons (Fsp3) is 0.292. The summed E-state index contributed by atoms with van der Waals surface area (Å²) in [4.78, 5) is 0.303. The molecule has 33 heavy (non-hydrogen) atoms. The lowest BCUT2D eigenvalue weighted by atomic mass is 9.86. The van der Waals surface area contributed by atoms with Gasteiger partial charge in [-0.25, -0.2) is 8.42 Å². The molecule has 0 fully saturated rings. The third-order valence-corrected chi connectivity index (χ3v) is 8.13. The number of anilines is 1. The summed E-state index contributed by atoms with van der Waals surface area (Å²) in [5.74, 6) is 1.64. The van der Waals surface area contributed by atoms with Crippen LogP contribution < -0.4 is 10.1 Å². The number of nitrogens with one attached hydrogen (secondary N) is 1. The first-order valence-electron chi connectivity index (χ1n) is 10.6. The average molecular weight is 487 g/mol. The van der Waals surface area contributed by atoms with Crippen LogP contribution in [0.25, 0.3) is 6.08 Å². The largest absolute Gasteiger partial charge is 0.485 e. The molecular formula is C24H23ClN2O5S. The van der Waals surface area contributed by atoms with Gasteiger partial charge in [0.05, 0.1) is 21.4 Å². The number of rotatable bonds is 4. The van der Waals surface area contributed by atoms with Gasteiger partial charge < -0.3 is 19.7 Å². The summed E-state index contributed by atoms with van der Waals surface area (Å²) in [5, 5.41) is 19.3. The highest BCUT2D eigenvalue weighted by atomic mass is 35.5. The Labute approximate surface area is 196 Å². The highest BCUT2D eigenvalue weighted by Crippen LogP contribution is 2.44. The van der Waals surface area contributed by atoms with E-state index in [-0.39, 0.29) is 9.79 Å². The average Bonchev–Trinajstić information content (AvgIpc) is 3.18. The summed E-state index contributed by atoms with van der Waals surface area (Å²) in [7, 11) is -3.75. The molecule has 172 valence electrons. The zero-order chi connectivity index (χ0) is 23.4. The monoisotopic (exact) mass is 486 g/mol. The van der Waals surface area contributed by atoms with Gasteiger partial charge in [0.1, 0.15) is 23.2 Å². The Morgan fingerprint density at radius 1 is 1.12 bits per heavy atom. The van der Waals surface area contributed by atoms with Gasteiger partial charge in [0, 0.05) is 17.0 Å². The van der Waals surface area contributed by atoms with Gasteiger partial charge in [-0.05, 0) is 56.7 Å². The number of nitrogens with zero attached hydrogens (tertiary/aromatic N) is 1. The zero-order valence-corrected chi connectivity index (χ0v) is 19.7. The van der Waals surface area contributed by atoms with Gasteiger partial charge in [0.2, 0.25) is 9.84 Å². The molecule has 2 N–H and O–H groups in total. The van der Waals surface area contributed by atoms with Crippen molar-refractivity contribution in [2.75, 3.05) is 5.32 Å². The number of halogens is 1. The molecule has 0 unspecified atom stereocenters. The van der Waals surface area contributed by atoms with Crippen LogP contribution in [0.5, 0.6) is 5.75 Å². The lowest BCUT2D eigenvalue weighted by molar-refractivity contribution is -0.0534. The van der Waals surface area contributed by atoms with E-state index in [1.807, 2.05) is 0 Å². The topological polar surface area (TPSA) is 102 Å². The van der Waals surface area contributed by atoms with E-state index in [4.69, 9.17) is 20.9 Å². The third kappa shape index (κ3) is 3.82. The summed E-state index contributed by atoms with van der Waals surface area (Å²) in [6.45, 7) is 3.55. The molecule has 0 spiro atoms. The lowest BCUT2D eigenvalue weighted by Gasteiger charge is -2.42. The minimum atomic E-state index is -3.75. The molecule has 1 aromatic heterocycles. The van der Waals surface area contributed by atoms with Gasteiger partial charge in [-0.1, -0.05) is 35.0 Å². The second-order valence-corrected chi connectivity index (χ2v) is 11.2. The molecule has 0 radical (unpaired) electrons. The minimum absolute atomic E-state index is 0.111. The fourth-order valence-corrected chi connectivity index (χ4v) is 5.73. The number of fused-ring (bicyclic) bond motifs is 2. The number of aliphatic hydroxyl groups is 1. The smallest absolute Gasteiger partial charge is 0.206 e. The second-order valence-electron chi connectivity index (χ2n) is 8.75. The summed E-state index contributed by atoms with van der Waals surface area (Å²) < 4.78 is 37.9. The van der Waals surface area contributed by atoms with E-state index in [1.165, 1.54) is 6.07 Å². The van der Waals surface area contributed by atoms with E-state index in [2.05, 4.69) is 10.5 Å². The van der Waals surface area contributed by atoms with Crippen molar-refractivity contribution in [1.82, 2.24) is 5.16 Å². The molecule has 9 heteroatoms. The molecule has 2 aromatic carbocycles. The molecule has 3 aromatic rings. The van der Waals surface area contributed by atoms with Crippen molar-refractivity contribution in [3.63, 3.8) is 0 Å². The number of benzene rings is 2. The highest BCUT2D eigenvalue weighted by molar-refractivity contribution is 7.91. The van der Waals surface area contributed by atoms with E-state index in [0.717, 1.165) is 5.56 Å². The molecule has 5 rings (SSSR count). The molecule has 2 atom stereocenters. The van der Waals surface area contributed by atoms with Crippen molar-refractivity contribution in [3.8, 4) is 5.75 Å². The Kier molecular flexibility index (Phi) is 5.27. The van der Waals surface area contributed by atoms with Crippen LogP contribution in [0.3, 0.4) is 0 Å². The van der Waals surface area contributed by atoms with Gasteiger partial charge in [-0.2, -0.15) is 0 Å². The molecule has 1 aliphatic heterocycles. The fourth-order valence-electron chi connectivity index (χ4n) is 4.21. The molecular weight excluding hydrogens is 464 g/mol. The van der Waals surface area contributed by atoms with Crippen LogP contribution in [0.1, 0.15) is 43.2 Å². The zero-order valence-electron chi connectivity index (χ0n) is 18.1. The number of ether oxygens (including phenoxy) is 1. The summed E-state index contributed by atoms with van der Waals surface area (Å²) in [6.07, 6.45) is 2.11. The number of hydrogen-bond acceptors (Lipinski definition) is 7. The van der Waals surface area contributed by atoms with Gasteiger partial charge in [-0.15, -0.1) is 0 Å². The lowest BCUT2D eigenvalue weighted by Crippen LogP contribution is -2.50. The van der Waals surface area contributed by atoms with Gasteiger partial charge >= 0.3 is 0 Å². The number of sulfone groups is 1. The van der Waals surface area contributed by atoms with Crippen LogP contribution in [0, 0.1) is 0 Å². The molecule has 0 amide bonds. The van der Waals surface area contributed by atoms with Crippen LogP contribution >= 0.6 is 11.6 Å². The molecule has 1 aliphatic carbocycles. The van der Waals surface area contributed by atoms with Gasteiger partial charge in [0.25, 0.3) is 0 Å². The number of aliphatic hydroxyl groups excluding tert-OH is 1. The molecule has 0 saturated heterocycles. The van der Waals surface area contributed by atoms with Crippen LogP contribution in [0.2, 0.25) is 0 Å². The first kappa shape index (κ1) is 22.0. The predicted molar refractivity (Wildman–Crippen MR) is 124 cm³/mol. The van der Waals surface area contributed by atoms with Gasteiger partial charge in [-0.3, -0.25) is 0 Å². The van der Waals surface area contributed by atoms with Crippen LogP contribution in [-0.2, 0) is 16.3 Å². The molecule has 0 saturated carbocycles. The number of allylic oxidation sites excluding steroid dienone is 1. The van der Waals surface area contributed by atoms with E-state index in [0.29, 0.717) is 40.8 Å². The normalized spacial score (nSPS) is 21.4. The summed E-state index contributed by atoms with van der Waals surface area (Å²) in [6, 6.07) is 12.2. The Bertz CT molecular complexity index is 1350. The number of hydrogen-bond donors (Lipinski definition) is 2. The SMILES string of the molecule is CC1(C)Oc2ccc(S(=O)(=O)c3ccccc3)cc2[C@@H](Nc2noc3c2C=C(Cl)CC3)[C@@H]1O. The minimum Gasteiger partial charge on any atom is -0.485 e. The number of aromatic nitrogens is 1. The van der Waals surface area contributed by atoms with Crippen LogP contribution in [0.4, 0.5) is 5.82 Å². The highest BCUT2D eigenvalue weighted by Gasteiger charge is 2.44. The summed E-state index contributed by atoms with van der Waals surface area (Å²) in [5.41, 5.74) is 0.320. The maximum atomic E-state index is 13.2. The standard InChI is InChI=1S/C24H23ClN2O5S/c1-24(2)22(28)21(26-23-18-12-14(25)8-10-20(18)32-27-23)17-13-16(9-11-19(17)31-24)33(29,30)15-6-4-3-5-7-15/h3-7,9,11-13,21-22,28H,8,10H2,1-2H3,(H,26,27)/t21-,22+/m1/s1. The summed E-state index contributed by atoms with van der Waals surface area (Å²) >= 11 is 6.23. The van der Waals surface area contributed by atoms with Crippen molar-refractivity contribution < 1.29 is 22.8 Å². The van der Waals surface area contributed by atoms with E-state index >= 15 is 0 Å². The van der Waals surface area contributed by atoms with E-state index in [9.17, 15) is 13.5 Å². The number of aryl methyl sites for hydroxylation is 1. The van der Waals surface area contributed by atoms with Crippen molar-refractivity contribution in [2.45, 2.75) is 54.2 Å². The van der Waals surface area contributed by atoms with Crippen molar-refractivity contribution in [3.05, 3.63) is 70.5 Å². The van der Waals surface area contributed by atoms with Crippen LogP contribution in [-0.4, -0.2) is 30.4 Å². The maximum absolute atomic E-state index is 13.2. The van der Waals surface area contributed by atoms with Gasteiger partial charge in [0.15, 0.2) is 5.82 Å². The van der Waals surface area contributed by atoms with E-state index < -0.39 is 27.6 Å². The van der Waals surface area contributed by atoms with Crippen molar-refractivity contribution in [1.29, 1.82) is 0 Å². The Morgan fingerprint density at radius 3 is 2.64 bits per heavy atom. The molecule has 7 nitrogen and oxygen atoms in total.